The van der Waals surface area contributed by atoms with Crippen molar-refractivity contribution in [2.24, 2.45) is 0 Å². The molecule has 2 amide bonds. The van der Waals surface area contributed by atoms with E-state index in [1.807, 2.05) is 6.07 Å². The van der Waals surface area contributed by atoms with Crippen molar-refractivity contribution in [1.29, 1.82) is 0 Å². The number of anilines is 2. The Morgan fingerprint density at radius 2 is 1.88 bits per heavy atom. The smallest absolute Gasteiger partial charge is 0.230 e. The van der Waals surface area contributed by atoms with Crippen LogP contribution < -0.4 is 10.6 Å². The van der Waals surface area contributed by atoms with Crippen molar-refractivity contribution in [3.05, 3.63) is 52.0 Å². The van der Waals surface area contributed by atoms with E-state index in [9.17, 15) is 9.59 Å². The summed E-state index contributed by atoms with van der Waals surface area (Å²) in [5.74, 6) is -0.335. The van der Waals surface area contributed by atoms with Crippen LogP contribution in [-0.2, 0) is 16.0 Å². The second kappa shape index (κ2) is 7.39. The number of nitrogens with zero attached hydrogens (tertiary/aromatic N) is 1. The summed E-state index contributed by atoms with van der Waals surface area (Å²) < 4.78 is 0.871. The largest absolute Gasteiger partial charge is 0.326 e. The van der Waals surface area contributed by atoms with Gasteiger partial charge in [0.15, 0.2) is 5.13 Å². The standard InChI is InChI=1S/C17H13Cl2N3O2S/c1-9(23)20-11-3-5-14-15(8-11)25-17(21-14)22-16(24)7-10-2-4-12(18)13(19)6-10/h2-6,8H,7H2,1H3,(H,20,23)(H,21,22,24). The van der Waals surface area contributed by atoms with Gasteiger partial charge in [-0.1, -0.05) is 40.6 Å². The number of rotatable bonds is 4. The van der Waals surface area contributed by atoms with Crippen molar-refractivity contribution < 1.29 is 9.59 Å². The quantitative estimate of drug-likeness (QED) is 0.671. The van der Waals surface area contributed by atoms with Crippen LogP contribution >= 0.6 is 34.5 Å². The van der Waals surface area contributed by atoms with Crippen molar-refractivity contribution >= 4 is 67.4 Å². The minimum atomic E-state index is -0.195. The van der Waals surface area contributed by atoms with Gasteiger partial charge in [-0.2, -0.15) is 0 Å². The minimum absolute atomic E-state index is 0.140. The molecular formula is C17H13Cl2N3O2S. The summed E-state index contributed by atoms with van der Waals surface area (Å²) in [6.45, 7) is 1.45. The van der Waals surface area contributed by atoms with E-state index in [2.05, 4.69) is 15.6 Å². The van der Waals surface area contributed by atoms with Crippen LogP contribution in [0.3, 0.4) is 0 Å². The lowest BCUT2D eigenvalue weighted by molar-refractivity contribution is -0.116. The van der Waals surface area contributed by atoms with Gasteiger partial charge in [0.2, 0.25) is 11.8 Å². The summed E-state index contributed by atoms with van der Waals surface area (Å²) >= 11 is 13.2. The van der Waals surface area contributed by atoms with E-state index in [0.29, 0.717) is 20.9 Å². The zero-order chi connectivity index (χ0) is 18.0. The van der Waals surface area contributed by atoms with E-state index in [1.54, 1.807) is 30.3 Å². The first-order valence-corrected chi connectivity index (χ1v) is 8.90. The van der Waals surface area contributed by atoms with Gasteiger partial charge in [-0.3, -0.25) is 9.59 Å². The number of carbonyl (C=O) groups is 2. The minimum Gasteiger partial charge on any atom is -0.326 e. The zero-order valence-electron chi connectivity index (χ0n) is 13.1. The molecule has 3 aromatic rings. The fraction of sp³-hybridized carbons (Fsp3) is 0.118. The Balaban J connectivity index is 1.72. The molecule has 5 nitrogen and oxygen atoms in total. The molecule has 0 fully saturated rings. The molecule has 0 aliphatic carbocycles. The Morgan fingerprint density at radius 3 is 2.60 bits per heavy atom. The first kappa shape index (κ1) is 17.7. The fourth-order valence-electron chi connectivity index (χ4n) is 2.26. The Bertz CT molecular complexity index is 972. The molecular weight excluding hydrogens is 381 g/mol. The lowest BCUT2D eigenvalue weighted by atomic mass is 10.1. The van der Waals surface area contributed by atoms with Gasteiger partial charge < -0.3 is 10.6 Å². The van der Waals surface area contributed by atoms with E-state index in [-0.39, 0.29) is 18.2 Å². The number of fused-ring (bicyclic) bond motifs is 1. The van der Waals surface area contributed by atoms with E-state index in [4.69, 9.17) is 23.2 Å². The summed E-state index contributed by atoms with van der Waals surface area (Å²) in [4.78, 5) is 27.7. The highest BCUT2D eigenvalue weighted by molar-refractivity contribution is 7.22. The van der Waals surface area contributed by atoms with Gasteiger partial charge in [-0.25, -0.2) is 4.98 Å². The van der Waals surface area contributed by atoms with Gasteiger partial charge >= 0.3 is 0 Å². The van der Waals surface area contributed by atoms with Gasteiger partial charge in [-0.15, -0.1) is 0 Å². The van der Waals surface area contributed by atoms with E-state index in [1.165, 1.54) is 18.3 Å². The number of nitrogens with one attached hydrogen (secondary N) is 2. The van der Waals surface area contributed by atoms with Crippen molar-refractivity contribution in [1.82, 2.24) is 4.98 Å². The van der Waals surface area contributed by atoms with Crippen LogP contribution in [0.15, 0.2) is 36.4 Å². The average Bonchev–Trinajstić information content (AvgIpc) is 2.91. The van der Waals surface area contributed by atoms with Gasteiger partial charge in [0, 0.05) is 12.6 Å². The van der Waals surface area contributed by atoms with E-state index >= 15 is 0 Å². The van der Waals surface area contributed by atoms with E-state index < -0.39 is 0 Å². The molecule has 1 aromatic heterocycles. The molecule has 25 heavy (non-hydrogen) atoms. The number of aromatic nitrogens is 1. The molecule has 2 aromatic carbocycles. The van der Waals surface area contributed by atoms with Crippen molar-refractivity contribution in [2.45, 2.75) is 13.3 Å². The summed E-state index contributed by atoms with van der Waals surface area (Å²) in [5.41, 5.74) is 2.21. The Kier molecular flexibility index (Phi) is 5.22. The van der Waals surface area contributed by atoms with E-state index in [0.717, 1.165) is 15.8 Å². The van der Waals surface area contributed by atoms with Crippen LogP contribution in [0.25, 0.3) is 10.2 Å². The van der Waals surface area contributed by atoms with Crippen molar-refractivity contribution in [2.75, 3.05) is 10.6 Å². The zero-order valence-corrected chi connectivity index (χ0v) is 15.4. The Hall–Kier alpha value is -2.15. The number of carbonyl (C=O) groups excluding carboxylic acids is 2. The number of hydrogen-bond donors (Lipinski definition) is 2. The van der Waals surface area contributed by atoms with Crippen LogP contribution in [0.4, 0.5) is 10.8 Å². The van der Waals surface area contributed by atoms with Gasteiger partial charge in [-0.05, 0) is 35.9 Å². The highest BCUT2D eigenvalue weighted by Crippen LogP contribution is 2.29. The lowest BCUT2D eigenvalue weighted by Gasteiger charge is -2.03. The Morgan fingerprint density at radius 1 is 1.08 bits per heavy atom. The van der Waals surface area contributed by atoms with Crippen LogP contribution in [0.2, 0.25) is 10.0 Å². The maximum atomic E-state index is 12.2. The van der Waals surface area contributed by atoms with Gasteiger partial charge in [0.25, 0.3) is 0 Å². The summed E-state index contributed by atoms with van der Waals surface area (Å²) in [6.07, 6.45) is 0.171. The summed E-state index contributed by atoms with van der Waals surface area (Å²) in [7, 11) is 0. The van der Waals surface area contributed by atoms with Crippen LogP contribution in [0.5, 0.6) is 0 Å². The molecule has 0 atom stereocenters. The first-order chi connectivity index (χ1) is 11.9. The number of halogens is 2. The van der Waals surface area contributed by atoms with Crippen LogP contribution in [-0.4, -0.2) is 16.8 Å². The van der Waals surface area contributed by atoms with Gasteiger partial charge in [0.1, 0.15) is 0 Å². The third kappa shape index (κ3) is 4.48. The third-order valence-electron chi connectivity index (χ3n) is 3.30. The fourth-order valence-corrected chi connectivity index (χ4v) is 3.50. The third-order valence-corrected chi connectivity index (χ3v) is 4.98. The topological polar surface area (TPSA) is 71.1 Å². The Labute approximate surface area is 158 Å². The predicted molar refractivity (Wildman–Crippen MR) is 103 cm³/mol. The second-order valence-corrected chi connectivity index (χ2v) is 7.20. The SMILES string of the molecule is CC(=O)Nc1ccc2nc(NC(=O)Cc3ccc(Cl)c(Cl)c3)sc2c1. The average molecular weight is 394 g/mol. The number of benzene rings is 2. The van der Waals surface area contributed by atoms with Crippen LogP contribution in [0, 0.1) is 0 Å². The molecule has 0 aliphatic heterocycles. The highest BCUT2D eigenvalue weighted by atomic mass is 35.5. The monoisotopic (exact) mass is 393 g/mol. The second-order valence-electron chi connectivity index (χ2n) is 5.36. The highest BCUT2D eigenvalue weighted by Gasteiger charge is 2.10. The van der Waals surface area contributed by atoms with Crippen LogP contribution in [0.1, 0.15) is 12.5 Å². The normalized spacial score (nSPS) is 10.7. The van der Waals surface area contributed by atoms with Crippen molar-refractivity contribution in [3.63, 3.8) is 0 Å². The maximum absolute atomic E-state index is 12.2. The summed E-state index contributed by atoms with van der Waals surface area (Å²) in [6, 6.07) is 10.5. The molecule has 0 spiro atoms. The molecule has 3 rings (SSSR count). The molecule has 8 heteroatoms. The number of thiazole rings is 1. The predicted octanol–water partition coefficient (Wildman–Crippen LogP) is 4.74. The van der Waals surface area contributed by atoms with Crippen molar-refractivity contribution in [3.8, 4) is 0 Å². The molecule has 0 aliphatic rings. The molecule has 0 saturated carbocycles. The molecule has 1 heterocycles. The molecule has 2 N–H and O–H groups in total. The molecule has 128 valence electrons. The summed E-state index contributed by atoms with van der Waals surface area (Å²) in [5, 5.41) is 6.86. The molecule has 0 bridgehead atoms. The molecule has 0 unspecified atom stereocenters. The maximum Gasteiger partial charge on any atom is 0.230 e. The number of amides is 2. The molecule has 0 radical (unpaired) electrons. The van der Waals surface area contributed by atoms with Gasteiger partial charge in [0.05, 0.1) is 26.7 Å². The molecule has 0 saturated heterocycles. The number of hydrogen-bond acceptors (Lipinski definition) is 4. The lowest BCUT2D eigenvalue weighted by Crippen LogP contribution is -2.14. The first-order valence-electron chi connectivity index (χ1n) is 7.32.